The Morgan fingerprint density at radius 2 is 2.10 bits per heavy atom. The SMILES string of the molecule is Cc1c([C@H](C)NC(=O)Cc2ccc(Cl)c(Cl)c2)cnn1C. The molecule has 1 N–H and O–H groups in total. The molecule has 1 aromatic heterocycles. The van der Waals surface area contributed by atoms with Gasteiger partial charge in [0.25, 0.3) is 0 Å². The van der Waals surface area contributed by atoms with Crippen LogP contribution in [0.2, 0.25) is 10.0 Å². The van der Waals surface area contributed by atoms with Crippen molar-refractivity contribution in [1.82, 2.24) is 15.1 Å². The molecule has 4 nitrogen and oxygen atoms in total. The van der Waals surface area contributed by atoms with Gasteiger partial charge in [0.05, 0.1) is 28.7 Å². The van der Waals surface area contributed by atoms with Crippen LogP contribution in [0.5, 0.6) is 0 Å². The van der Waals surface area contributed by atoms with Crippen LogP contribution in [0.25, 0.3) is 0 Å². The van der Waals surface area contributed by atoms with Crippen LogP contribution in [0.15, 0.2) is 24.4 Å². The highest BCUT2D eigenvalue weighted by atomic mass is 35.5. The van der Waals surface area contributed by atoms with Crippen molar-refractivity contribution in [2.75, 3.05) is 0 Å². The number of amides is 1. The van der Waals surface area contributed by atoms with Gasteiger partial charge >= 0.3 is 0 Å². The Balaban J connectivity index is 2.01. The van der Waals surface area contributed by atoms with Crippen LogP contribution in [0, 0.1) is 6.92 Å². The van der Waals surface area contributed by atoms with Gasteiger partial charge in [-0.3, -0.25) is 9.48 Å². The van der Waals surface area contributed by atoms with Crippen LogP contribution in [0.1, 0.15) is 29.8 Å². The maximum Gasteiger partial charge on any atom is 0.224 e. The Bertz CT molecular complexity index is 667. The summed E-state index contributed by atoms with van der Waals surface area (Å²) in [6.07, 6.45) is 2.04. The fraction of sp³-hybridized carbons (Fsp3) is 0.333. The summed E-state index contributed by atoms with van der Waals surface area (Å²) in [5, 5.41) is 8.09. The molecule has 0 aliphatic heterocycles. The summed E-state index contributed by atoms with van der Waals surface area (Å²) < 4.78 is 1.79. The van der Waals surface area contributed by atoms with Gasteiger partial charge in [-0.25, -0.2) is 0 Å². The molecule has 2 aromatic rings. The molecule has 6 heteroatoms. The van der Waals surface area contributed by atoms with Crippen molar-refractivity contribution in [1.29, 1.82) is 0 Å². The third-order valence-corrected chi connectivity index (χ3v) is 4.20. The van der Waals surface area contributed by atoms with E-state index in [1.807, 2.05) is 20.9 Å². The van der Waals surface area contributed by atoms with Crippen LogP contribution in [-0.4, -0.2) is 15.7 Å². The van der Waals surface area contributed by atoms with Gasteiger partial charge in [-0.05, 0) is 31.5 Å². The molecule has 0 spiro atoms. The van der Waals surface area contributed by atoms with Gasteiger partial charge < -0.3 is 5.32 Å². The number of aryl methyl sites for hydroxylation is 1. The summed E-state index contributed by atoms with van der Waals surface area (Å²) in [5.41, 5.74) is 2.88. The minimum atomic E-state index is -0.0889. The largest absolute Gasteiger partial charge is 0.349 e. The normalized spacial score (nSPS) is 12.2. The Morgan fingerprint density at radius 1 is 1.38 bits per heavy atom. The zero-order valence-corrected chi connectivity index (χ0v) is 13.7. The van der Waals surface area contributed by atoms with Crippen LogP contribution < -0.4 is 5.32 Å². The number of halogens is 2. The van der Waals surface area contributed by atoms with Gasteiger partial charge in [-0.15, -0.1) is 0 Å². The van der Waals surface area contributed by atoms with Gasteiger partial charge in [0.1, 0.15) is 0 Å². The molecular formula is C15H17Cl2N3O. The van der Waals surface area contributed by atoms with E-state index in [9.17, 15) is 4.79 Å². The van der Waals surface area contributed by atoms with Gasteiger partial charge in [0.15, 0.2) is 0 Å². The van der Waals surface area contributed by atoms with E-state index in [2.05, 4.69) is 10.4 Å². The van der Waals surface area contributed by atoms with Gasteiger partial charge in [-0.1, -0.05) is 29.3 Å². The average molecular weight is 326 g/mol. The summed E-state index contributed by atoms with van der Waals surface area (Å²) in [6, 6.07) is 5.12. The first-order valence-corrected chi connectivity index (χ1v) is 7.36. The molecule has 0 radical (unpaired) electrons. The lowest BCUT2D eigenvalue weighted by Crippen LogP contribution is -2.28. The molecule has 0 unspecified atom stereocenters. The van der Waals surface area contributed by atoms with E-state index in [1.165, 1.54) is 0 Å². The quantitative estimate of drug-likeness (QED) is 0.935. The molecule has 1 heterocycles. The molecule has 0 aliphatic carbocycles. The van der Waals surface area contributed by atoms with Crippen LogP contribution >= 0.6 is 23.2 Å². The maximum absolute atomic E-state index is 12.1. The highest BCUT2D eigenvalue weighted by Crippen LogP contribution is 2.23. The first-order valence-electron chi connectivity index (χ1n) is 6.60. The van der Waals surface area contributed by atoms with Gasteiger partial charge in [0, 0.05) is 18.3 Å². The second-order valence-corrected chi connectivity index (χ2v) is 5.84. The van der Waals surface area contributed by atoms with Crippen molar-refractivity contribution < 1.29 is 4.79 Å². The van der Waals surface area contributed by atoms with E-state index < -0.39 is 0 Å². The van der Waals surface area contributed by atoms with Crippen molar-refractivity contribution in [3.63, 3.8) is 0 Å². The van der Waals surface area contributed by atoms with Crippen molar-refractivity contribution in [2.45, 2.75) is 26.3 Å². The predicted molar refractivity (Wildman–Crippen MR) is 84.7 cm³/mol. The summed E-state index contributed by atoms with van der Waals surface area (Å²) in [6.45, 7) is 3.92. The van der Waals surface area contributed by atoms with Crippen molar-refractivity contribution in [3.05, 3.63) is 51.3 Å². The van der Waals surface area contributed by atoms with Crippen molar-refractivity contribution >= 4 is 29.1 Å². The van der Waals surface area contributed by atoms with Crippen LogP contribution in [0.3, 0.4) is 0 Å². The third kappa shape index (κ3) is 3.77. The zero-order chi connectivity index (χ0) is 15.6. The summed E-state index contributed by atoms with van der Waals surface area (Å²) >= 11 is 11.8. The lowest BCUT2D eigenvalue weighted by Gasteiger charge is -2.14. The lowest BCUT2D eigenvalue weighted by atomic mass is 10.1. The second-order valence-electron chi connectivity index (χ2n) is 5.02. The molecule has 0 aliphatic rings. The molecule has 112 valence electrons. The minimum absolute atomic E-state index is 0.0656. The number of rotatable bonds is 4. The van der Waals surface area contributed by atoms with E-state index in [0.29, 0.717) is 10.0 Å². The maximum atomic E-state index is 12.1. The third-order valence-electron chi connectivity index (χ3n) is 3.47. The molecule has 0 saturated carbocycles. The first-order chi connectivity index (χ1) is 9.88. The Labute approximate surface area is 134 Å². The lowest BCUT2D eigenvalue weighted by molar-refractivity contribution is -0.121. The van der Waals surface area contributed by atoms with Crippen LogP contribution in [-0.2, 0) is 18.3 Å². The smallest absolute Gasteiger partial charge is 0.224 e. The van der Waals surface area contributed by atoms with Crippen molar-refractivity contribution in [2.24, 2.45) is 7.05 Å². The van der Waals surface area contributed by atoms with E-state index in [1.54, 1.807) is 29.1 Å². The summed E-state index contributed by atoms with van der Waals surface area (Å²) in [5.74, 6) is -0.0656. The van der Waals surface area contributed by atoms with Gasteiger partial charge in [0.2, 0.25) is 5.91 Å². The fourth-order valence-corrected chi connectivity index (χ4v) is 2.47. The highest BCUT2D eigenvalue weighted by molar-refractivity contribution is 6.42. The second kappa shape index (κ2) is 6.50. The number of carbonyl (C=O) groups excluding carboxylic acids is 1. The number of benzene rings is 1. The Kier molecular flexibility index (Phi) is 4.91. The first kappa shape index (κ1) is 15.9. The van der Waals surface area contributed by atoms with E-state index in [0.717, 1.165) is 16.8 Å². The number of hydrogen-bond donors (Lipinski definition) is 1. The number of hydrogen-bond acceptors (Lipinski definition) is 2. The number of carbonyl (C=O) groups is 1. The molecule has 1 amide bonds. The molecule has 0 fully saturated rings. The zero-order valence-electron chi connectivity index (χ0n) is 12.2. The Morgan fingerprint density at radius 3 is 2.67 bits per heavy atom. The standard InChI is InChI=1S/C15H17Cl2N3O/c1-9(12-8-18-20(3)10(12)2)19-15(21)7-11-4-5-13(16)14(17)6-11/h4-6,8-9H,7H2,1-3H3,(H,19,21)/t9-/m0/s1. The number of nitrogens with zero attached hydrogens (tertiary/aromatic N) is 2. The van der Waals surface area contributed by atoms with Crippen LogP contribution in [0.4, 0.5) is 0 Å². The number of nitrogens with one attached hydrogen (secondary N) is 1. The molecule has 0 saturated heterocycles. The van der Waals surface area contributed by atoms with E-state index in [-0.39, 0.29) is 18.4 Å². The van der Waals surface area contributed by atoms with E-state index in [4.69, 9.17) is 23.2 Å². The molecule has 21 heavy (non-hydrogen) atoms. The number of aromatic nitrogens is 2. The van der Waals surface area contributed by atoms with Gasteiger partial charge in [-0.2, -0.15) is 5.10 Å². The Hall–Kier alpha value is -1.52. The van der Waals surface area contributed by atoms with E-state index >= 15 is 0 Å². The highest BCUT2D eigenvalue weighted by Gasteiger charge is 2.15. The monoisotopic (exact) mass is 325 g/mol. The summed E-state index contributed by atoms with van der Waals surface area (Å²) in [4.78, 5) is 12.1. The molecule has 0 bridgehead atoms. The molecule has 2 rings (SSSR count). The summed E-state index contributed by atoms with van der Waals surface area (Å²) in [7, 11) is 1.88. The minimum Gasteiger partial charge on any atom is -0.349 e. The molecule has 1 atom stereocenters. The fourth-order valence-electron chi connectivity index (χ4n) is 2.15. The molecule has 1 aromatic carbocycles. The van der Waals surface area contributed by atoms with Crippen molar-refractivity contribution in [3.8, 4) is 0 Å². The molecular weight excluding hydrogens is 309 g/mol. The average Bonchev–Trinajstić information content (AvgIpc) is 2.74. The predicted octanol–water partition coefficient (Wildman–Crippen LogP) is 3.46. The topological polar surface area (TPSA) is 46.9 Å².